The molecule has 0 aliphatic rings. The zero-order valence-corrected chi connectivity index (χ0v) is 17.2. The number of pyridine rings is 2. The Morgan fingerprint density at radius 2 is 2.00 bits per heavy atom. The van der Waals surface area contributed by atoms with Crippen molar-refractivity contribution in [3.63, 3.8) is 0 Å². The molecule has 0 saturated carbocycles. The molecule has 5 nitrogen and oxygen atoms in total. The zero-order chi connectivity index (χ0) is 22.3. The van der Waals surface area contributed by atoms with Crippen LogP contribution in [-0.2, 0) is 11.0 Å². The molecule has 0 atom stereocenters. The summed E-state index contributed by atoms with van der Waals surface area (Å²) < 4.78 is 55.6. The standard InChI is InChI=1S/C21H16F4N4OS/c1-3-31-16-6-11-4-5-13(26-2)8-14(11)28-19(16)20-17(22)18-15(29(20)10-30)7-12(9-27-18)21(23,24)25/h4-10,26H,3H2,1-2H3. The number of nitrogens with zero attached hydrogens (tertiary/aromatic N) is 3. The van der Waals surface area contributed by atoms with Gasteiger partial charge in [-0.05, 0) is 30.0 Å². The Balaban J connectivity index is 2.06. The number of anilines is 1. The van der Waals surface area contributed by atoms with E-state index in [1.165, 1.54) is 11.8 Å². The first-order valence-corrected chi connectivity index (χ1v) is 10.2. The largest absolute Gasteiger partial charge is 0.417 e. The zero-order valence-electron chi connectivity index (χ0n) is 16.4. The van der Waals surface area contributed by atoms with E-state index in [0.29, 0.717) is 22.4 Å². The lowest BCUT2D eigenvalue weighted by atomic mass is 10.1. The van der Waals surface area contributed by atoms with E-state index in [1.807, 2.05) is 25.1 Å². The van der Waals surface area contributed by atoms with Crippen LogP contribution in [0.15, 0.2) is 41.4 Å². The third kappa shape index (κ3) is 3.60. The number of rotatable bonds is 5. The summed E-state index contributed by atoms with van der Waals surface area (Å²) in [6.07, 6.45) is -3.85. The second-order valence-corrected chi connectivity index (χ2v) is 7.96. The maximum Gasteiger partial charge on any atom is 0.417 e. The van der Waals surface area contributed by atoms with Gasteiger partial charge < -0.3 is 5.32 Å². The third-order valence-electron chi connectivity index (χ3n) is 4.81. The van der Waals surface area contributed by atoms with E-state index in [1.54, 1.807) is 13.1 Å². The molecule has 1 N–H and O–H groups in total. The van der Waals surface area contributed by atoms with Crippen molar-refractivity contribution in [3.05, 3.63) is 47.9 Å². The van der Waals surface area contributed by atoms with Crippen LogP contribution in [0.2, 0.25) is 0 Å². The van der Waals surface area contributed by atoms with Crippen molar-refractivity contribution in [2.24, 2.45) is 0 Å². The predicted octanol–water partition coefficient (Wildman–Crippen LogP) is 5.60. The minimum atomic E-state index is -4.68. The van der Waals surface area contributed by atoms with Gasteiger partial charge in [-0.25, -0.2) is 9.37 Å². The van der Waals surface area contributed by atoms with Crippen LogP contribution in [0.3, 0.4) is 0 Å². The number of hydrogen-bond donors (Lipinski definition) is 1. The van der Waals surface area contributed by atoms with E-state index >= 15 is 4.39 Å². The van der Waals surface area contributed by atoms with Crippen LogP contribution in [0.25, 0.3) is 33.3 Å². The molecule has 4 rings (SSSR count). The molecule has 0 fully saturated rings. The lowest BCUT2D eigenvalue weighted by Crippen LogP contribution is -2.06. The molecule has 0 radical (unpaired) electrons. The SMILES string of the molecule is CCSc1cc2ccc(NC)cc2nc1-c1c(F)c2ncc(C(F)(F)F)cc2n1C=O. The minimum absolute atomic E-state index is 0.170. The number of aromatic nitrogens is 3. The molecule has 3 heterocycles. The maximum atomic E-state index is 15.4. The highest BCUT2D eigenvalue weighted by molar-refractivity contribution is 7.99. The Kier molecular flexibility index (Phi) is 5.34. The molecule has 4 aromatic rings. The second kappa shape index (κ2) is 7.84. The summed E-state index contributed by atoms with van der Waals surface area (Å²) in [4.78, 5) is 20.7. The molecule has 0 aliphatic heterocycles. The van der Waals surface area contributed by atoms with Crippen molar-refractivity contribution < 1.29 is 22.4 Å². The Hall–Kier alpha value is -3.14. The van der Waals surface area contributed by atoms with Gasteiger partial charge in [-0.3, -0.25) is 14.3 Å². The molecule has 0 amide bonds. The Morgan fingerprint density at radius 3 is 2.65 bits per heavy atom. The normalized spacial score (nSPS) is 11.9. The molecule has 1 aromatic carbocycles. The van der Waals surface area contributed by atoms with Crippen LogP contribution in [0.5, 0.6) is 0 Å². The highest BCUT2D eigenvalue weighted by atomic mass is 32.2. The first-order valence-electron chi connectivity index (χ1n) is 9.26. The van der Waals surface area contributed by atoms with Crippen molar-refractivity contribution >= 4 is 45.8 Å². The number of benzene rings is 1. The van der Waals surface area contributed by atoms with Crippen LogP contribution >= 0.6 is 11.8 Å². The van der Waals surface area contributed by atoms with Crippen molar-refractivity contribution in [3.8, 4) is 11.4 Å². The number of alkyl halides is 3. The summed E-state index contributed by atoms with van der Waals surface area (Å²) in [5.41, 5.74) is -0.374. The molecule has 31 heavy (non-hydrogen) atoms. The fourth-order valence-corrected chi connectivity index (χ4v) is 4.17. The Labute approximate surface area is 178 Å². The van der Waals surface area contributed by atoms with Crippen molar-refractivity contribution in [1.82, 2.24) is 14.5 Å². The van der Waals surface area contributed by atoms with Gasteiger partial charge in [-0.15, -0.1) is 11.8 Å². The van der Waals surface area contributed by atoms with E-state index in [-0.39, 0.29) is 28.8 Å². The number of nitrogens with one attached hydrogen (secondary N) is 1. The Morgan fingerprint density at radius 1 is 1.23 bits per heavy atom. The van der Waals surface area contributed by atoms with Gasteiger partial charge in [0.1, 0.15) is 16.9 Å². The molecular formula is C21H16F4N4OS. The number of fused-ring (bicyclic) bond motifs is 2. The lowest BCUT2D eigenvalue weighted by Gasteiger charge is -2.12. The summed E-state index contributed by atoms with van der Waals surface area (Å²) in [5, 5.41) is 3.81. The lowest BCUT2D eigenvalue weighted by molar-refractivity contribution is -0.137. The fourth-order valence-electron chi connectivity index (χ4n) is 3.37. The fraction of sp³-hybridized carbons (Fsp3) is 0.190. The number of thioether (sulfide) groups is 1. The quantitative estimate of drug-likeness (QED) is 0.245. The van der Waals surface area contributed by atoms with Crippen LogP contribution in [0, 0.1) is 5.82 Å². The molecule has 0 saturated heterocycles. The van der Waals surface area contributed by atoms with Gasteiger partial charge in [0.15, 0.2) is 5.82 Å². The van der Waals surface area contributed by atoms with Crippen molar-refractivity contribution in [2.45, 2.75) is 18.0 Å². The third-order valence-corrected chi connectivity index (χ3v) is 5.72. The van der Waals surface area contributed by atoms with Gasteiger partial charge in [0.05, 0.1) is 16.6 Å². The van der Waals surface area contributed by atoms with E-state index in [2.05, 4.69) is 15.3 Å². The molecule has 0 unspecified atom stereocenters. The topological polar surface area (TPSA) is 59.8 Å². The van der Waals surface area contributed by atoms with E-state index < -0.39 is 17.6 Å². The van der Waals surface area contributed by atoms with Gasteiger partial charge >= 0.3 is 6.18 Å². The first kappa shape index (κ1) is 21.1. The smallest absolute Gasteiger partial charge is 0.388 e. The molecule has 160 valence electrons. The van der Waals surface area contributed by atoms with Gasteiger partial charge in [-0.1, -0.05) is 13.0 Å². The molecule has 0 spiro atoms. The van der Waals surface area contributed by atoms with Crippen molar-refractivity contribution in [1.29, 1.82) is 0 Å². The Bertz CT molecular complexity index is 1320. The monoisotopic (exact) mass is 448 g/mol. The van der Waals surface area contributed by atoms with Crippen LogP contribution in [0.4, 0.5) is 23.2 Å². The van der Waals surface area contributed by atoms with Gasteiger partial charge in [0, 0.05) is 29.2 Å². The summed E-state index contributed by atoms with van der Waals surface area (Å²) >= 11 is 1.39. The second-order valence-electron chi connectivity index (χ2n) is 6.65. The summed E-state index contributed by atoms with van der Waals surface area (Å²) in [6, 6.07) is 8.05. The highest BCUT2D eigenvalue weighted by Crippen LogP contribution is 2.39. The predicted molar refractivity (Wildman–Crippen MR) is 114 cm³/mol. The van der Waals surface area contributed by atoms with Crippen LogP contribution in [0.1, 0.15) is 12.5 Å². The molecule has 0 bridgehead atoms. The van der Waals surface area contributed by atoms with Gasteiger partial charge in [0.25, 0.3) is 0 Å². The molecular weight excluding hydrogens is 432 g/mol. The van der Waals surface area contributed by atoms with E-state index in [9.17, 15) is 18.0 Å². The number of halogens is 4. The van der Waals surface area contributed by atoms with Gasteiger partial charge in [0.2, 0.25) is 6.41 Å². The molecule has 0 aliphatic carbocycles. The first-order chi connectivity index (χ1) is 14.8. The molecule has 3 aromatic heterocycles. The minimum Gasteiger partial charge on any atom is -0.388 e. The average molecular weight is 448 g/mol. The highest BCUT2D eigenvalue weighted by Gasteiger charge is 2.33. The molecule has 10 heteroatoms. The van der Waals surface area contributed by atoms with Gasteiger partial charge in [-0.2, -0.15) is 13.2 Å². The van der Waals surface area contributed by atoms with Crippen LogP contribution < -0.4 is 5.32 Å². The van der Waals surface area contributed by atoms with Crippen molar-refractivity contribution in [2.75, 3.05) is 18.1 Å². The number of carbonyl (C=O) groups is 1. The number of carbonyl (C=O) groups excluding carboxylic acids is 1. The van der Waals surface area contributed by atoms with E-state index in [4.69, 9.17) is 0 Å². The summed E-state index contributed by atoms with van der Waals surface area (Å²) in [7, 11) is 1.75. The maximum absolute atomic E-state index is 15.4. The number of hydrogen-bond acceptors (Lipinski definition) is 5. The van der Waals surface area contributed by atoms with Crippen LogP contribution in [-0.4, -0.2) is 33.7 Å². The summed E-state index contributed by atoms with van der Waals surface area (Å²) in [6.45, 7) is 1.91. The average Bonchev–Trinajstić information content (AvgIpc) is 3.03. The van der Waals surface area contributed by atoms with E-state index in [0.717, 1.165) is 21.7 Å². The summed E-state index contributed by atoms with van der Waals surface area (Å²) in [5.74, 6) is -0.251.